The van der Waals surface area contributed by atoms with Gasteiger partial charge in [-0.2, -0.15) is 0 Å². The second-order valence-electron chi connectivity index (χ2n) is 5.05. The van der Waals surface area contributed by atoms with E-state index in [0.717, 1.165) is 39.0 Å². The average molecular weight is 383 g/mol. The molecule has 0 radical (unpaired) electrons. The first-order valence-corrected chi connectivity index (χ1v) is 7.17. The van der Waals surface area contributed by atoms with Crippen molar-refractivity contribution in [1.82, 2.24) is 15.1 Å². The van der Waals surface area contributed by atoms with Crippen molar-refractivity contribution in [2.75, 3.05) is 52.9 Å². The van der Waals surface area contributed by atoms with Crippen LogP contribution in [0, 0.1) is 0 Å². The van der Waals surface area contributed by atoms with Crippen molar-refractivity contribution >= 4 is 29.9 Å². The van der Waals surface area contributed by atoms with E-state index >= 15 is 0 Å². The van der Waals surface area contributed by atoms with Gasteiger partial charge in [-0.1, -0.05) is 13.3 Å². The van der Waals surface area contributed by atoms with E-state index in [9.17, 15) is 0 Å². The van der Waals surface area contributed by atoms with Gasteiger partial charge in [0.15, 0.2) is 5.96 Å². The van der Waals surface area contributed by atoms with Crippen LogP contribution in [0.1, 0.15) is 26.2 Å². The van der Waals surface area contributed by atoms with E-state index in [1.807, 2.05) is 0 Å². The van der Waals surface area contributed by atoms with Crippen molar-refractivity contribution in [3.63, 3.8) is 0 Å². The number of nitrogens with two attached hydrogens (primary N) is 1. The number of nitrogens with zero attached hydrogens (tertiary/aromatic N) is 3. The number of halogens is 1. The highest BCUT2D eigenvalue weighted by Gasteiger charge is 2.11. The molecule has 1 aliphatic rings. The highest BCUT2D eigenvalue weighted by Crippen LogP contribution is 1.99. The Hall–Kier alpha value is -0.0800. The lowest BCUT2D eigenvalue weighted by Crippen LogP contribution is -2.39. The summed E-state index contributed by atoms with van der Waals surface area (Å²) in [6.07, 6.45) is 3.54. The molecule has 1 fully saturated rings. The fourth-order valence-corrected chi connectivity index (χ4v) is 2.08. The van der Waals surface area contributed by atoms with Crippen LogP contribution in [0.15, 0.2) is 4.99 Å². The quantitative estimate of drug-likeness (QED) is 0.310. The molecular weight excluding hydrogens is 353 g/mol. The zero-order chi connectivity index (χ0) is 13.2. The molecule has 0 unspecified atom stereocenters. The summed E-state index contributed by atoms with van der Waals surface area (Å²) in [6, 6.07) is 0. The Morgan fingerprint density at radius 1 is 1.26 bits per heavy atom. The van der Waals surface area contributed by atoms with Crippen molar-refractivity contribution in [3.8, 4) is 0 Å². The number of hydrogen-bond acceptors (Lipinski definition) is 3. The van der Waals surface area contributed by atoms with Gasteiger partial charge in [-0.15, -0.1) is 24.0 Å². The van der Waals surface area contributed by atoms with Crippen LogP contribution in [-0.4, -0.2) is 68.6 Å². The summed E-state index contributed by atoms with van der Waals surface area (Å²) in [4.78, 5) is 9.18. The summed E-state index contributed by atoms with van der Waals surface area (Å²) in [5.41, 5.74) is 5.80. The maximum atomic E-state index is 5.80. The van der Waals surface area contributed by atoms with Crippen LogP contribution in [0.4, 0.5) is 0 Å². The lowest BCUT2D eigenvalue weighted by molar-refractivity contribution is 0.280. The monoisotopic (exact) mass is 383 g/mol. The molecule has 0 aliphatic carbocycles. The van der Waals surface area contributed by atoms with Crippen molar-refractivity contribution in [1.29, 1.82) is 0 Å². The highest BCUT2D eigenvalue weighted by molar-refractivity contribution is 14.0. The third kappa shape index (κ3) is 9.45. The van der Waals surface area contributed by atoms with Gasteiger partial charge in [0, 0.05) is 32.7 Å². The number of guanidine groups is 1. The van der Waals surface area contributed by atoms with Crippen molar-refractivity contribution in [2.24, 2.45) is 10.7 Å². The predicted octanol–water partition coefficient (Wildman–Crippen LogP) is 0.946. The van der Waals surface area contributed by atoms with Crippen LogP contribution in [0.5, 0.6) is 0 Å². The van der Waals surface area contributed by atoms with Gasteiger partial charge < -0.3 is 20.9 Å². The Morgan fingerprint density at radius 2 is 2.05 bits per heavy atom. The minimum Gasteiger partial charge on any atom is -0.370 e. The van der Waals surface area contributed by atoms with E-state index in [4.69, 9.17) is 5.73 Å². The third-order valence-electron chi connectivity index (χ3n) is 3.34. The van der Waals surface area contributed by atoms with E-state index in [2.05, 4.69) is 34.1 Å². The SMILES string of the molecule is CCCCN=C(N)NCCN1CCCN(C)CC1.I. The van der Waals surface area contributed by atoms with Gasteiger partial charge in [0.25, 0.3) is 0 Å². The van der Waals surface area contributed by atoms with Gasteiger partial charge in [0.1, 0.15) is 0 Å². The van der Waals surface area contributed by atoms with E-state index in [1.54, 1.807) is 0 Å². The van der Waals surface area contributed by atoms with Gasteiger partial charge >= 0.3 is 0 Å². The molecule has 1 heterocycles. The summed E-state index contributed by atoms with van der Waals surface area (Å²) >= 11 is 0. The topological polar surface area (TPSA) is 56.9 Å². The molecule has 5 nitrogen and oxygen atoms in total. The van der Waals surface area contributed by atoms with Crippen molar-refractivity contribution in [3.05, 3.63) is 0 Å². The molecule has 0 aromatic heterocycles. The van der Waals surface area contributed by atoms with E-state index in [-0.39, 0.29) is 24.0 Å². The zero-order valence-corrected chi connectivity index (χ0v) is 14.7. The van der Waals surface area contributed by atoms with Gasteiger partial charge in [-0.3, -0.25) is 4.99 Å². The number of hydrogen-bond donors (Lipinski definition) is 2. The summed E-state index contributed by atoms with van der Waals surface area (Å²) in [7, 11) is 2.19. The fourth-order valence-electron chi connectivity index (χ4n) is 2.08. The summed E-state index contributed by atoms with van der Waals surface area (Å²) in [5.74, 6) is 0.593. The van der Waals surface area contributed by atoms with E-state index in [0.29, 0.717) is 5.96 Å². The number of rotatable bonds is 6. The van der Waals surface area contributed by atoms with Gasteiger partial charge in [-0.05, 0) is 33.0 Å². The Morgan fingerprint density at radius 3 is 2.79 bits per heavy atom. The number of unbranched alkanes of at least 4 members (excludes halogenated alkanes) is 1. The molecule has 3 N–H and O–H groups in total. The summed E-state index contributed by atoms with van der Waals surface area (Å²) in [5, 5.41) is 3.19. The molecule has 0 aromatic rings. The minimum atomic E-state index is 0. The Kier molecular flexibility index (Phi) is 11.7. The van der Waals surface area contributed by atoms with Crippen LogP contribution in [0.2, 0.25) is 0 Å². The van der Waals surface area contributed by atoms with Gasteiger partial charge in [-0.25, -0.2) is 0 Å². The van der Waals surface area contributed by atoms with Crippen LogP contribution >= 0.6 is 24.0 Å². The zero-order valence-electron chi connectivity index (χ0n) is 12.4. The molecule has 1 saturated heterocycles. The van der Waals surface area contributed by atoms with Crippen molar-refractivity contribution < 1.29 is 0 Å². The minimum absolute atomic E-state index is 0. The number of aliphatic imine (C=N–C) groups is 1. The van der Waals surface area contributed by atoms with Crippen LogP contribution in [-0.2, 0) is 0 Å². The summed E-state index contributed by atoms with van der Waals surface area (Å²) < 4.78 is 0. The Balaban J connectivity index is 0.00000324. The summed E-state index contributed by atoms with van der Waals surface area (Å²) in [6.45, 7) is 9.68. The first-order chi connectivity index (χ1) is 8.72. The molecule has 0 atom stereocenters. The Bertz CT molecular complexity index is 247. The maximum absolute atomic E-state index is 5.80. The standard InChI is InChI=1S/C13H29N5.HI/c1-3-4-6-15-13(14)16-7-10-18-9-5-8-17(2)11-12-18;/h3-12H2,1-2H3,(H3,14,15,16);1H. The predicted molar refractivity (Wildman–Crippen MR) is 93.4 cm³/mol. The highest BCUT2D eigenvalue weighted by atomic mass is 127. The number of nitrogens with one attached hydrogen (secondary N) is 1. The largest absolute Gasteiger partial charge is 0.370 e. The second kappa shape index (κ2) is 11.7. The number of likely N-dealkylation sites (N-methyl/N-ethyl adjacent to an activating group) is 1. The van der Waals surface area contributed by atoms with Gasteiger partial charge in [0.05, 0.1) is 0 Å². The van der Waals surface area contributed by atoms with E-state index in [1.165, 1.54) is 26.1 Å². The first-order valence-electron chi connectivity index (χ1n) is 7.17. The molecule has 19 heavy (non-hydrogen) atoms. The average Bonchev–Trinajstić information content (AvgIpc) is 2.55. The molecule has 0 spiro atoms. The molecular formula is C13H30IN5. The smallest absolute Gasteiger partial charge is 0.188 e. The fraction of sp³-hybridized carbons (Fsp3) is 0.923. The van der Waals surface area contributed by atoms with Gasteiger partial charge in [0.2, 0.25) is 0 Å². The molecule has 0 aromatic carbocycles. The molecule has 1 aliphatic heterocycles. The molecule has 6 heteroatoms. The molecule has 0 bridgehead atoms. The molecule has 0 amide bonds. The van der Waals surface area contributed by atoms with Crippen LogP contribution in [0.25, 0.3) is 0 Å². The Labute approximate surface area is 135 Å². The second-order valence-corrected chi connectivity index (χ2v) is 5.05. The van der Waals surface area contributed by atoms with E-state index < -0.39 is 0 Å². The lowest BCUT2D eigenvalue weighted by Gasteiger charge is -2.20. The molecule has 1 rings (SSSR count). The van der Waals surface area contributed by atoms with Crippen LogP contribution < -0.4 is 11.1 Å². The maximum Gasteiger partial charge on any atom is 0.188 e. The molecule has 114 valence electrons. The normalized spacial score (nSPS) is 18.7. The van der Waals surface area contributed by atoms with Crippen molar-refractivity contribution in [2.45, 2.75) is 26.2 Å². The van der Waals surface area contributed by atoms with Crippen LogP contribution in [0.3, 0.4) is 0 Å². The molecule has 0 saturated carbocycles. The lowest BCUT2D eigenvalue weighted by atomic mass is 10.3. The third-order valence-corrected chi connectivity index (χ3v) is 3.34. The first kappa shape index (κ1) is 18.9.